The molecule has 0 aliphatic carbocycles. The number of anilines is 1. The van der Waals surface area contributed by atoms with E-state index in [-0.39, 0.29) is 0 Å². The monoisotopic (exact) mass is 403 g/mol. The molecular weight excluding hydrogens is 382 g/mol. The van der Waals surface area contributed by atoms with Gasteiger partial charge in [0, 0.05) is 31.1 Å². The Morgan fingerprint density at radius 3 is 2.41 bits per heavy atom. The van der Waals surface area contributed by atoms with E-state index in [4.69, 9.17) is 15.0 Å². The fraction of sp³-hybridized carbons (Fsp3) is 0.227. The van der Waals surface area contributed by atoms with Crippen LogP contribution in [0.3, 0.4) is 0 Å². The largest absolute Gasteiger partial charge is 0.438 e. The quantitative estimate of drug-likeness (QED) is 0.637. The predicted molar refractivity (Wildman–Crippen MR) is 114 cm³/mol. The summed E-state index contributed by atoms with van der Waals surface area (Å²) in [5, 5.41) is 8.99. The third-order valence-corrected chi connectivity index (χ3v) is 5.67. The fourth-order valence-corrected chi connectivity index (χ4v) is 3.78. The highest BCUT2D eigenvalue weighted by Gasteiger charge is 2.19. The number of hydrogen-bond acceptors (Lipinski definition) is 7. The molecule has 1 saturated heterocycles. The first-order valence-corrected chi connectivity index (χ1v) is 10.2. The number of piperazine rings is 1. The third-order valence-electron chi connectivity index (χ3n) is 4.66. The van der Waals surface area contributed by atoms with Crippen LogP contribution in [-0.2, 0) is 0 Å². The molecule has 0 spiro atoms. The molecule has 1 fully saturated rings. The molecule has 7 heteroatoms. The van der Waals surface area contributed by atoms with E-state index in [2.05, 4.69) is 27.9 Å². The van der Waals surface area contributed by atoms with Crippen LogP contribution >= 0.6 is 11.8 Å². The number of ether oxygens (including phenoxy) is 1. The van der Waals surface area contributed by atoms with E-state index in [0.717, 1.165) is 41.7 Å². The van der Waals surface area contributed by atoms with Crippen LogP contribution in [0.15, 0.2) is 70.6 Å². The Balaban J connectivity index is 1.62. The minimum atomic E-state index is 0.537. The van der Waals surface area contributed by atoms with Crippen LogP contribution in [-0.4, -0.2) is 48.1 Å². The predicted octanol–water partition coefficient (Wildman–Crippen LogP) is 4.04. The van der Waals surface area contributed by atoms with Crippen molar-refractivity contribution in [2.75, 3.05) is 38.1 Å². The summed E-state index contributed by atoms with van der Waals surface area (Å²) in [6.45, 7) is 3.76. The average Bonchev–Trinajstić information content (AvgIpc) is 2.77. The summed E-state index contributed by atoms with van der Waals surface area (Å²) in [7, 11) is 2.12. The van der Waals surface area contributed by atoms with Gasteiger partial charge in [-0.25, -0.2) is 4.98 Å². The molecule has 0 unspecified atom stereocenters. The first-order chi connectivity index (χ1) is 14.2. The zero-order chi connectivity index (χ0) is 20.1. The SMILES string of the molecule is CN1CCN(c2ncc(Sc3ccc(C#N)cc3)c(Oc3ccccc3)n2)CC1. The minimum Gasteiger partial charge on any atom is -0.438 e. The van der Waals surface area contributed by atoms with Crippen molar-refractivity contribution in [1.29, 1.82) is 5.26 Å². The second-order valence-electron chi connectivity index (χ2n) is 6.78. The van der Waals surface area contributed by atoms with E-state index >= 15 is 0 Å². The van der Waals surface area contributed by atoms with Crippen molar-refractivity contribution >= 4 is 17.7 Å². The lowest BCUT2D eigenvalue weighted by molar-refractivity contribution is 0.310. The molecule has 1 aromatic heterocycles. The van der Waals surface area contributed by atoms with Crippen LogP contribution in [0.4, 0.5) is 5.95 Å². The van der Waals surface area contributed by atoms with Gasteiger partial charge in [-0.2, -0.15) is 10.2 Å². The van der Waals surface area contributed by atoms with Crippen molar-refractivity contribution in [3.8, 4) is 17.7 Å². The van der Waals surface area contributed by atoms with Gasteiger partial charge in [0.2, 0.25) is 11.8 Å². The van der Waals surface area contributed by atoms with Crippen LogP contribution in [0.2, 0.25) is 0 Å². The normalized spacial score (nSPS) is 14.4. The Hall–Kier alpha value is -3.08. The third kappa shape index (κ3) is 4.86. The summed E-state index contributed by atoms with van der Waals surface area (Å²) in [6, 6.07) is 19.2. The second kappa shape index (κ2) is 8.95. The lowest BCUT2D eigenvalue weighted by Gasteiger charge is -2.32. The second-order valence-corrected chi connectivity index (χ2v) is 7.90. The number of nitrogens with zero attached hydrogens (tertiary/aromatic N) is 5. The van der Waals surface area contributed by atoms with Crippen LogP contribution < -0.4 is 9.64 Å². The van der Waals surface area contributed by atoms with Gasteiger partial charge in [0.1, 0.15) is 5.75 Å². The van der Waals surface area contributed by atoms with Gasteiger partial charge in [-0.3, -0.25) is 0 Å². The van der Waals surface area contributed by atoms with E-state index in [1.165, 1.54) is 11.8 Å². The van der Waals surface area contributed by atoms with E-state index < -0.39 is 0 Å². The van der Waals surface area contributed by atoms with Gasteiger partial charge in [-0.15, -0.1) is 0 Å². The average molecular weight is 404 g/mol. The topological polar surface area (TPSA) is 65.3 Å². The van der Waals surface area contributed by atoms with Gasteiger partial charge < -0.3 is 14.5 Å². The van der Waals surface area contributed by atoms with Crippen molar-refractivity contribution in [2.45, 2.75) is 9.79 Å². The molecule has 0 bridgehead atoms. The standard InChI is InChI=1S/C22H21N5OS/c1-26-11-13-27(14-12-26)22-24-16-20(29-19-9-7-17(15-23)8-10-19)21(25-22)28-18-5-3-2-4-6-18/h2-10,16H,11-14H2,1H3. The Morgan fingerprint density at radius 1 is 1.00 bits per heavy atom. The molecule has 1 aliphatic rings. The van der Waals surface area contributed by atoms with Crippen molar-refractivity contribution in [2.24, 2.45) is 0 Å². The Kier molecular flexibility index (Phi) is 5.94. The van der Waals surface area contributed by atoms with Crippen LogP contribution in [0.25, 0.3) is 0 Å². The maximum absolute atomic E-state index is 8.99. The number of para-hydroxylation sites is 1. The summed E-state index contributed by atoms with van der Waals surface area (Å²) in [5.74, 6) is 1.96. The number of aromatic nitrogens is 2. The highest BCUT2D eigenvalue weighted by Crippen LogP contribution is 2.36. The molecule has 0 atom stereocenters. The van der Waals surface area contributed by atoms with E-state index in [1.807, 2.05) is 48.7 Å². The maximum Gasteiger partial charge on any atom is 0.238 e. The molecule has 4 rings (SSSR count). The molecule has 0 saturated carbocycles. The van der Waals surface area contributed by atoms with Crippen molar-refractivity contribution in [1.82, 2.24) is 14.9 Å². The lowest BCUT2D eigenvalue weighted by Crippen LogP contribution is -2.45. The molecule has 146 valence electrons. The highest BCUT2D eigenvalue weighted by atomic mass is 32.2. The Labute approximate surface area is 174 Å². The molecule has 2 heterocycles. The summed E-state index contributed by atoms with van der Waals surface area (Å²) in [6.07, 6.45) is 1.82. The van der Waals surface area contributed by atoms with Gasteiger partial charge in [0.05, 0.1) is 22.7 Å². The Morgan fingerprint density at radius 2 is 1.72 bits per heavy atom. The van der Waals surface area contributed by atoms with Crippen molar-refractivity contribution < 1.29 is 4.74 Å². The molecule has 3 aromatic rings. The zero-order valence-electron chi connectivity index (χ0n) is 16.2. The number of benzene rings is 2. The maximum atomic E-state index is 8.99. The Bertz CT molecular complexity index is 996. The molecule has 0 radical (unpaired) electrons. The molecule has 0 N–H and O–H groups in total. The van der Waals surface area contributed by atoms with Crippen LogP contribution in [0.1, 0.15) is 5.56 Å². The lowest BCUT2D eigenvalue weighted by atomic mass is 10.2. The first kappa shape index (κ1) is 19.2. The number of likely N-dealkylation sites (N-methyl/N-ethyl adjacent to an activating group) is 1. The van der Waals surface area contributed by atoms with Crippen molar-refractivity contribution in [3.63, 3.8) is 0 Å². The van der Waals surface area contributed by atoms with Gasteiger partial charge in [0.15, 0.2) is 0 Å². The molecule has 29 heavy (non-hydrogen) atoms. The highest BCUT2D eigenvalue weighted by molar-refractivity contribution is 7.99. The molecular formula is C22H21N5OS. The summed E-state index contributed by atoms with van der Waals surface area (Å²) < 4.78 is 6.12. The molecule has 1 aliphatic heterocycles. The van der Waals surface area contributed by atoms with Gasteiger partial charge in [-0.05, 0) is 43.4 Å². The molecule has 2 aromatic carbocycles. The minimum absolute atomic E-state index is 0.537. The summed E-state index contributed by atoms with van der Waals surface area (Å²) >= 11 is 1.52. The molecule has 6 nitrogen and oxygen atoms in total. The van der Waals surface area contributed by atoms with Crippen LogP contribution in [0.5, 0.6) is 11.6 Å². The smallest absolute Gasteiger partial charge is 0.238 e. The summed E-state index contributed by atoms with van der Waals surface area (Å²) in [5.41, 5.74) is 0.636. The van der Waals surface area contributed by atoms with E-state index in [0.29, 0.717) is 17.4 Å². The first-order valence-electron chi connectivity index (χ1n) is 9.43. The van der Waals surface area contributed by atoms with E-state index in [9.17, 15) is 0 Å². The van der Waals surface area contributed by atoms with E-state index in [1.54, 1.807) is 12.1 Å². The fourth-order valence-electron chi connectivity index (χ4n) is 2.97. The molecule has 0 amide bonds. The van der Waals surface area contributed by atoms with Gasteiger partial charge in [-0.1, -0.05) is 30.0 Å². The van der Waals surface area contributed by atoms with Crippen molar-refractivity contribution in [3.05, 3.63) is 66.4 Å². The van der Waals surface area contributed by atoms with Gasteiger partial charge in [0.25, 0.3) is 0 Å². The summed E-state index contributed by atoms with van der Waals surface area (Å²) in [4.78, 5) is 15.7. The van der Waals surface area contributed by atoms with Gasteiger partial charge >= 0.3 is 0 Å². The number of nitriles is 1. The number of hydrogen-bond donors (Lipinski definition) is 0. The number of rotatable bonds is 5. The zero-order valence-corrected chi connectivity index (χ0v) is 17.0. The van der Waals surface area contributed by atoms with Crippen LogP contribution in [0, 0.1) is 11.3 Å².